The lowest BCUT2D eigenvalue weighted by molar-refractivity contribution is -0.109. The van der Waals surface area contributed by atoms with Gasteiger partial charge in [-0.15, -0.1) is 0 Å². The third-order valence-electron chi connectivity index (χ3n) is 4.47. The van der Waals surface area contributed by atoms with E-state index in [0.717, 1.165) is 28.1 Å². The molecule has 0 atom stereocenters. The van der Waals surface area contributed by atoms with Crippen LogP contribution in [0.4, 0.5) is 5.69 Å². The van der Waals surface area contributed by atoms with Crippen molar-refractivity contribution in [3.8, 4) is 23.1 Å². The average molecular weight is 403 g/mol. The number of hydrogen-bond acceptors (Lipinski definition) is 6. The molecule has 7 nitrogen and oxygen atoms in total. The molecule has 0 aliphatic carbocycles. The maximum Gasteiger partial charge on any atom is 0.221 e. The van der Waals surface area contributed by atoms with Crippen LogP contribution >= 0.6 is 0 Å². The van der Waals surface area contributed by atoms with Gasteiger partial charge in [0.25, 0.3) is 0 Å². The van der Waals surface area contributed by atoms with Crippen molar-refractivity contribution >= 4 is 12.1 Å². The molecule has 0 spiro atoms. The number of nitrogens with zero attached hydrogens (tertiary/aromatic N) is 2. The Bertz CT molecular complexity index is 1040. The fourth-order valence-electron chi connectivity index (χ4n) is 2.95. The van der Waals surface area contributed by atoms with Crippen LogP contribution in [0.5, 0.6) is 5.88 Å². The predicted octanol–water partition coefficient (Wildman–Crippen LogP) is 3.46. The normalized spacial score (nSPS) is 9.57. The highest BCUT2D eigenvalue weighted by Crippen LogP contribution is 2.26. The molecule has 1 heterocycles. The minimum atomic E-state index is 0.403. The maximum atomic E-state index is 9.07. The first-order valence-corrected chi connectivity index (χ1v) is 9.31. The Morgan fingerprint density at radius 3 is 2.53 bits per heavy atom. The van der Waals surface area contributed by atoms with Gasteiger partial charge in [0.2, 0.25) is 12.3 Å². The Labute approximate surface area is 176 Å². The molecule has 4 N–H and O–H groups in total. The van der Waals surface area contributed by atoms with Crippen LogP contribution in [0.25, 0.3) is 11.1 Å². The summed E-state index contributed by atoms with van der Waals surface area (Å²) in [5, 5.41) is 12.3. The number of carbonyl (C=O) groups is 1. The molecule has 0 bridgehead atoms. The largest absolute Gasteiger partial charge is 0.473 e. The summed E-state index contributed by atoms with van der Waals surface area (Å²) in [5.74, 6) is 5.00. The summed E-state index contributed by atoms with van der Waals surface area (Å²) in [7, 11) is 1.91. The third-order valence-corrected chi connectivity index (χ3v) is 4.47. The standard InChI is InChI=1S/C22H21N3O.CH4N2O/c1-15-6-4-9-21(24-3)20(15)14-26-22-11-10-19(16(2)25-22)18-8-5-7-17(12-18)13-23;2-3-1-4/h4-12,24H,14H2,1-3H3;1H,2H2,(H,3,4). The van der Waals surface area contributed by atoms with E-state index < -0.39 is 0 Å². The molecule has 0 fully saturated rings. The van der Waals surface area contributed by atoms with E-state index in [4.69, 9.17) is 14.8 Å². The molecule has 1 aromatic heterocycles. The number of pyridine rings is 1. The lowest BCUT2D eigenvalue weighted by Crippen LogP contribution is -2.18. The number of nitriles is 1. The Balaban J connectivity index is 0.000000735. The van der Waals surface area contributed by atoms with Crippen LogP contribution in [0.1, 0.15) is 22.4 Å². The van der Waals surface area contributed by atoms with Crippen LogP contribution in [-0.4, -0.2) is 18.4 Å². The first-order valence-electron chi connectivity index (χ1n) is 9.31. The highest BCUT2D eigenvalue weighted by atomic mass is 16.5. The topological polar surface area (TPSA) is 113 Å². The molecule has 0 aliphatic heterocycles. The zero-order chi connectivity index (χ0) is 21.9. The van der Waals surface area contributed by atoms with Gasteiger partial charge in [-0.05, 0) is 49.2 Å². The Morgan fingerprint density at radius 1 is 1.17 bits per heavy atom. The Morgan fingerprint density at radius 2 is 1.90 bits per heavy atom. The molecule has 3 rings (SSSR count). The average Bonchev–Trinajstić information content (AvgIpc) is 2.78. The minimum absolute atomic E-state index is 0.403. The molecule has 0 radical (unpaired) electrons. The molecule has 154 valence electrons. The predicted molar refractivity (Wildman–Crippen MR) is 118 cm³/mol. The number of nitrogens with two attached hydrogens (primary N) is 1. The van der Waals surface area contributed by atoms with Gasteiger partial charge in [0, 0.05) is 35.6 Å². The zero-order valence-corrected chi connectivity index (χ0v) is 17.3. The SMILES string of the molecule is CNc1cccc(C)c1COc1ccc(-c2cccc(C#N)c2)c(C)n1.NNC=O. The molecule has 7 heteroatoms. The number of nitrogens with one attached hydrogen (secondary N) is 2. The summed E-state index contributed by atoms with van der Waals surface area (Å²) in [6.07, 6.45) is 0.403. The number of aromatic nitrogens is 1. The molecule has 2 aromatic carbocycles. The fourth-order valence-corrected chi connectivity index (χ4v) is 2.95. The van der Waals surface area contributed by atoms with Crippen LogP contribution in [0.3, 0.4) is 0 Å². The van der Waals surface area contributed by atoms with Gasteiger partial charge in [0.1, 0.15) is 6.61 Å². The number of amides is 1. The Kier molecular flexibility index (Phi) is 8.36. The van der Waals surface area contributed by atoms with Crippen molar-refractivity contribution in [1.29, 1.82) is 5.26 Å². The zero-order valence-electron chi connectivity index (χ0n) is 17.3. The molecule has 30 heavy (non-hydrogen) atoms. The smallest absolute Gasteiger partial charge is 0.221 e. The number of carbonyl (C=O) groups excluding carboxylic acids is 1. The molecule has 0 saturated carbocycles. The van der Waals surface area contributed by atoms with E-state index in [0.29, 0.717) is 24.5 Å². The second kappa shape index (κ2) is 11.2. The fraction of sp³-hybridized carbons (Fsp3) is 0.174. The summed E-state index contributed by atoms with van der Waals surface area (Å²) in [5.41, 5.74) is 8.61. The summed E-state index contributed by atoms with van der Waals surface area (Å²) in [6.45, 7) is 4.48. The van der Waals surface area contributed by atoms with Crippen LogP contribution in [-0.2, 0) is 11.4 Å². The number of ether oxygens (including phenoxy) is 1. The number of hydrogen-bond donors (Lipinski definition) is 3. The van der Waals surface area contributed by atoms with E-state index in [9.17, 15) is 0 Å². The van der Waals surface area contributed by atoms with Crippen molar-refractivity contribution in [3.63, 3.8) is 0 Å². The molecule has 1 amide bonds. The van der Waals surface area contributed by atoms with Gasteiger partial charge in [0.05, 0.1) is 11.6 Å². The van der Waals surface area contributed by atoms with Crippen molar-refractivity contribution < 1.29 is 9.53 Å². The van der Waals surface area contributed by atoms with Crippen molar-refractivity contribution in [2.75, 3.05) is 12.4 Å². The van der Waals surface area contributed by atoms with Crippen molar-refractivity contribution in [2.45, 2.75) is 20.5 Å². The van der Waals surface area contributed by atoms with Crippen LogP contribution in [0.2, 0.25) is 0 Å². The van der Waals surface area contributed by atoms with E-state index >= 15 is 0 Å². The summed E-state index contributed by atoms with van der Waals surface area (Å²) in [6, 6.07) is 19.7. The highest BCUT2D eigenvalue weighted by molar-refractivity contribution is 5.67. The van der Waals surface area contributed by atoms with Crippen LogP contribution < -0.4 is 21.3 Å². The molecule has 3 aromatic rings. The second-order valence-corrected chi connectivity index (χ2v) is 6.40. The van der Waals surface area contributed by atoms with Gasteiger partial charge in [-0.25, -0.2) is 10.8 Å². The first kappa shape index (κ1) is 22.4. The second-order valence-electron chi connectivity index (χ2n) is 6.40. The summed E-state index contributed by atoms with van der Waals surface area (Å²) >= 11 is 0. The van der Waals surface area contributed by atoms with Gasteiger partial charge >= 0.3 is 0 Å². The highest BCUT2D eigenvalue weighted by Gasteiger charge is 2.09. The number of hydrazine groups is 1. The van der Waals surface area contributed by atoms with Crippen molar-refractivity contribution in [2.24, 2.45) is 5.84 Å². The van der Waals surface area contributed by atoms with E-state index in [1.54, 1.807) is 11.5 Å². The van der Waals surface area contributed by atoms with Crippen molar-refractivity contribution in [3.05, 3.63) is 77.0 Å². The molecular formula is C23H25N5O2. The van der Waals surface area contributed by atoms with Gasteiger partial charge in [-0.3, -0.25) is 10.2 Å². The first-order chi connectivity index (χ1) is 14.5. The third kappa shape index (κ3) is 5.80. The molecular weight excluding hydrogens is 378 g/mol. The van der Waals surface area contributed by atoms with Gasteiger partial charge in [-0.2, -0.15) is 5.26 Å². The van der Waals surface area contributed by atoms with Gasteiger partial charge in [0.15, 0.2) is 0 Å². The lowest BCUT2D eigenvalue weighted by atomic mass is 10.0. The minimum Gasteiger partial charge on any atom is -0.473 e. The summed E-state index contributed by atoms with van der Waals surface area (Å²) in [4.78, 5) is 13.5. The molecule has 0 unspecified atom stereocenters. The quantitative estimate of drug-likeness (QED) is 0.251. The van der Waals surface area contributed by atoms with Gasteiger partial charge < -0.3 is 10.1 Å². The summed E-state index contributed by atoms with van der Waals surface area (Å²) < 4.78 is 5.93. The number of benzene rings is 2. The Hall–Kier alpha value is -3.89. The van der Waals surface area contributed by atoms with E-state index in [-0.39, 0.29) is 0 Å². The van der Waals surface area contributed by atoms with E-state index in [2.05, 4.69) is 35.2 Å². The van der Waals surface area contributed by atoms with Gasteiger partial charge in [-0.1, -0.05) is 24.3 Å². The van der Waals surface area contributed by atoms with E-state index in [1.807, 2.05) is 56.4 Å². The monoisotopic (exact) mass is 403 g/mol. The molecule has 0 aliphatic rings. The number of rotatable bonds is 6. The van der Waals surface area contributed by atoms with Crippen LogP contribution in [0, 0.1) is 25.2 Å². The number of aryl methyl sites for hydroxylation is 2. The lowest BCUT2D eigenvalue weighted by Gasteiger charge is -2.14. The van der Waals surface area contributed by atoms with E-state index in [1.165, 1.54) is 5.56 Å². The van der Waals surface area contributed by atoms with Crippen molar-refractivity contribution in [1.82, 2.24) is 10.4 Å². The molecule has 0 saturated heterocycles. The number of anilines is 1. The van der Waals surface area contributed by atoms with Crippen LogP contribution in [0.15, 0.2) is 54.6 Å². The maximum absolute atomic E-state index is 9.07.